The number of hydrogen-bond donors (Lipinski definition) is 1. The van der Waals surface area contributed by atoms with Gasteiger partial charge in [0.25, 0.3) is 5.91 Å². The molecule has 3 aromatic carbocycles. The van der Waals surface area contributed by atoms with E-state index >= 15 is 0 Å². The number of amides is 1. The van der Waals surface area contributed by atoms with E-state index in [1.807, 2.05) is 24.3 Å². The van der Waals surface area contributed by atoms with Crippen LogP contribution in [0.3, 0.4) is 0 Å². The zero-order valence-corrected chi connectivity index (χ0v) is 18.2. The summed E-state index contributed by atoms with van der Waals surface area (Å²) in [4.78, 5) is 25.9. The molecule has 0 spiro atoms. The molecule has 0 aliphatic carbocycles. The molecule has 5 heteroatoms. The molecule has 0 aliphatic heterocycles. The maximum atomic E-state index is 12.7. The lowest BCUT2D eigenvalue weighted by Crippen LogP contribution is -2.14. The molecule has 30 heavy (non-hydrogen) atoms. The number of thioether (sulfide) groups is 1. The van der Waals surface area contributed by atoms with Crippen molar-refractivity contribution in [3.05, 3.63) is 94.5 Å². The van der Waals surface area contributed by atoms with Crippen LogP contribution in [0.15, 0.2) is 71.6 Å². The number of hydrogen-bond acceptors (Lipinski definition) is 4. The van der Waals surface area contributed by atoms with Crippen molar-refractivity contribution in [2.45, 2.75) is 31.4 Å². The van der Waals surface area contributed by atoms with E-state index in [1.165, 1.54) is 10.5 Å². The average Bonchev–Trinajstić information content (AvgIpc) is 2.75. The minimum atomic E-state index is -0.387. The quantitative estimate of drug-likeness (QED) is 0.375. The monoisotopic (exact) mass is 419 g/mol. The Balaban J connectivity index is 1.64. The van der Waals surface area contributed by atoms with E-state index in [2.05, 4.69) is 36.5 Å². The largest absolute Gasteiger partial charge is 0.462 e. The Hall–Kier alpha value is -3.05. The van der Waals surface area contributed by atoms with E-state index in [9.17, 15) is 9.59 Å². The highest BCUT2D eigenvalue weighted by Gasteiger charge is 2.14. The normalized spacial score (nSPS) is 10.5. The summed E-state index contributed by atoms with van der Waals surface area (Å²) in [5.41, 5.74) is 4.72. The van der Waals surface area contributed by atoms with Crippen LogP contribution in [0.1, 0.15) is 44.3 Å². The number of carbonyl (C=O) groups excluding carboxylic acids is 2. The number of rotatable bonds is 7. The van der Waals surface area contributed by atoms with Gasteiger partial charge < -0.3 is 10.1 Å². The van der Waals surface area contributed by atoms with Gasteiger partial charge in [0.15, 0.2) is 0 Å². The molecular formula is C25H25NO3S. The van der Waals surface area contributed by atoms with Gasteiger partial charge >= 0.3 is 5.97 Å². The van der Waals surface area contributed by atoms with E-state index in [-0.39, 0.29) is 11.9 Å². The van der Waals surface area contributed by atoms with Crippen LogP contribution in [-0.4, -0.2) is 18.5 Å². The van der Waals surface area contributed by atoms with Crippen LogP contribution in [0, 0.1) is 13.8 Å². The third kappa shape index (κ3) is 5.51. The SMILES string of the molecule is CCOC(=O)c1cccc(NC(=O)c2ccc(CSc3ccc(C)cc3)cc2)c1C. The van der Waals surface area contributed by atoms with Crippen molar-refractivity contribution in [1.29, 1.82) is 0 Å². The zero-order chi connectivity index (χ0) is 21.5. The summed E-state index contributed by atoms with van der Waals surface area (Å²) < 4.78 is 5.07. The van der Waals surface area contributed by atoms with Gasteiger partial charge in [-0.15, -0.1) is 11.8 Å². The topological polar surface area (TPSA) is 55.4 Å². The first-order valence-electron chi connectivity index (χ1n) is 9.84. The molecular weight excluding hydrogens is 394 g/mol. The molecule has 0 heterocycles. The second-order valence-electron chi connectivity index (χ2n) is 6.95. The number of ether oxygens (including phenoxy) is 1. The third-order valence-corrected chi connectivity index (χ3v) is 5.80. The number of aryl methyl sites for hydroxylation is 1. The maximum Gasteiger partial charge on any atom is 0.338 e. The summed E-state index contributed by atoms with van der Waals surface area (Å²) in [6, 6.07) is 21.3. The van der Waals surface area contributed by atoms with Gasteiger partial charge in [-0.2, -0.15) is 0 Å². The van der Waals surface area contributed by atoms with Gasteiger partial charge in [0.05, 0.1) is 12.2 Å². The van der Waals surface area contributed by atoms with Crippen molar-refractivity contribution in [3.63, 3.8) is 0 Å². The molecule has 0 saturated carbocycles. The lowest BCUT2D eigenvalue weighted by molar-refractivity contribution is 0.0525. The molecule has 0 bridgehead atoms. The summed E-state index contributed by atoms with van der Waals surface area (Å²) in [5.74, 6) is 0.240. The zero-order valence-electron chi connectivity index (χ0n) is 17.4. The van der Waals surface area contributed by atoms with Gasteiger partial charge in [-0.05, 0) is 68.3 Å². The van der Waals surface area contributed by atoms with Crippen molar-refractivity contribution in [2.24, 2.45) is 0 Å². The molecule has 4 nitrogen and oxygen atoms in total. The van der Waals surface area contributed by atoms with Crippen molar-refractivity contribution < 1.29 is 14.3 Å². The lowest BCUT2D eigenvalue weighted by atomic mass is 10.1. The van der Waals surface area contributed by atoms with Crippen LogP contribution in [0.2, 0.25) is 0 Å². The highest BCUT2D eigenvalue weighted by atomic mass is 32.2. The number of nitrogens with one attached hydrogen (secondary N) is 1. The van der Waals surface area contributed by atoms with Gasteiger partial charge in [-0.3, -0.25) is 4.79 Å². The Morgan fingerprint density at radius 3 is 2.30 bits per heavy atom. The van der Waals surface area contributed by atoms with Crippen LogP contribution in [0.4, 0.5) is 5.69 Å². The molecule has 1 amide bonds. The molecule has 1 N–H and O–H groups in total. The predicted octanol–water partition coefficient (Wildman–Crippen LogP) is 6.02. The first-order chi connectivity index (χ1) is 14.5. The molecule has 0 aromatic heterocycles. The van der Waals surface area contributed by atoms with Gasteiger partial charge in [0.2, 0.25) is 0 Å². The summed E-state index contributed by atoms with van der Waals surface area (Å²) in [6.45, 7) is 5.95. The van der Waals surface area contributed by atoms with Gasteiger partial charge in [-0.1, -0.05) is 35.9 Å². The average molecular weight is 420 g/mol. The van der Waals surface area contributed by atoms with Crippen LogP contribution in [-0.2, 0) is 10.5 Å². The Labute approximate surface area is 181 Å². The van der Waals surface area contributed by atoms with E-state index in [4.69, 9.17) is 4.74 Å². The first kappa shape index (κ1) is 21.7. The Bertz CT molecular complexity index is 1030. The first-order valence-corrected chi connectivity index (χ1v) is 10.8. The van der Waals surface area contributed by atoms with Crippen molar-refractivity contribution in [1.82, 2.24) is 0 Å². The summed E-state index contributed by atoms with van der Waals surface area (Å²) in [5, 5.41) is 2.89. The molecule has 0 fully saturated rings. The second kappa shape index (κ2) is 10.1. The number of esters is 1. The van der Waals surface area contributed by atoms with E-state index in [0.717, 1.165) is 11.3 Å². The van der Waals surface area contributed by atoms with Crippen LogP contribution < -0.4 is 5.32 Å². The maximum absolute atomic E-state index is 12.7. The molecule has 3 rings (SSSR count). The fraction of sp³-hybridized carbons (Fsp3) is 0.200. The van der Waals surface area contributed by atoms with E-state index < -0.39 is 0 Å². The highest BCUT2D eigenvalue weighted by Crippen LogP contribution is 2.24. The second-order valence-corrected chi connectivity index (χ2v) is 8.00. The fourth-order valence-electron chi connectivity index (χ4n) is 2.95. The minimum absolute atomic E-state index is 0.211. The number of carbonyl (C=O) groups is 2. The molecule has 0 saturated heterocycles. The van der Waals surface area contributed by atoms with Crippen LogP contribution >= 0.6 is 11.8 Å². The molecule has 0 aliphatic rings. The van der Waals surface area contributed by atoms with Crippen molar-refractivity contribution in [3.8, 4) is 0 Å². The Morgan fingerprint density at radius 1 is 0.933 bits per heavy atom. The van der Waals surface area contributed by atoms with Gasteiger partial charge in [-0.25, -0.2) is 4.79 Å². The smallest absolute Gasteiger partial charge is 0.338 e. The number of anilines is 1. The van der Waals surface area contributed by atoms with Gasteiger partial charge in [0, 0.05) is 21.9 Å². The standard InChI is InChI=1S/C25H25NO3S/c1-4-29-25(28)22-6-5-7-23(18(22)3)26-24(27)20-12-10-19(11-13-20)16-30-21-14-8-17(2)9-15-21/h5-15H,4,16H2,1-3H3,(H,26,27). The highest BCUT2D eigenvalue weighted by molar-refractivity contribution is 7.98. The van der Waals surface area contributed by atoms with Crippen molar-refractivity contribution >= 4 is 29.3 Å². The fourth-order valence-corrected chi connectivity index (χ4v) is 3.80. The van der Waals surface area contributed by atoms with E-state index in [0.29, 0.717) is 29.0 Å². The predicted molar refractivity (Wildman–Crippen MR) is 122 cm³/mol. The van der Waals surface area contributed by atoms with Crippen LogP contribution in [0.5, 0.6) is 0 Å². The summed E-state index contributed by atoms with van der Waals surface area (Å²) in [7, 11) is 0. The molecule has 0 unspecified atom stereocenters. The summed E-state index contributed by atoms with van der Waals surface area (Å²) >= 11 is 1.76. The van der Waals surface area contributed by atoms with Gasteiger partial charge in [0.1, 0.15) is 0 Å². The molecule has 3 aromatic rings. The molecule has 0 atom stereocenters. The van der Waals surface area contributed by atoms with Crippen molar-refractivity contribution in [2.75, 3.05) is 11.9 Å². The number of benzene rings is 3. The molecule has 154 valence electrons. The molecule has 0 radical (unpaired) electrons. The lowest BCUT2D eigenvalue weighted by Gasteiger charge is -2.12. The van der Waals surface area contributed by atoms with E-state index in [1.54, 1.807) is 43.8 Å². The Morgan fingerprint density at radius 2 is 1.63 bits per heavy atom. The van der Waals surface area contributed by atoms with Crippen LogP contribution in [0.25, 0.3) is 0 Å². The summed E-state index contributed by atoms with van der Waals surface area (Å²) in [6.07, 6.45) is 0. The Kier molecular flexibility index (Phi) is 7.31. The third-order valence-electron chi connectivity index (χ3n) is 4.72. The minimum Gasteiger partial charge on any atom is -0.462 e.